The van der Waals surface area contributed by atoms with Gasteiger partial charge in [0.05, 0.1) is 17.2 Å². The molecule has 26 heavy (non-hydrogen) atoms. The molecule has 0 N–H and O–H groups in total. The largest absolute Gasteiger partial charge is 0.458 e. The van der Waals surface area contributed by atoms with Crippen LogP contribution in [-0.2, 0) is 4.74 Å². The van der Waals surface area contributed by atoms with Crippen molar-refractivity contribution in [2.45, 2.75) is 31.3 Å². The molecule has 4 rings (SSSR count). The van der Waals surface area contributed by atoms with Crippen molar-refractivity contribution in [1.82, 2.24) is 4.98 Å². The highest BCUT2D eigenvalue weighted by Gasteiger charge is 2.32. The number of nitriles is 1. The second kappa shape index (κ2) is 6.97. The smallest absolute Gasteiger partial charge is 0.338 e. The number of pyridine rings is 1. The molecule has 1 fully saturated rings. The zero-order valence-corrected chi connectivity index (χ0v) is 14.3. The van der Waals surface area contributed by atoms with Gasteiger partial charge in [0, 0.05) is 18.3 Å². The quantitative estimate of drug-likeness (QED) is 0.653. The summed E-state index contributed by atoms with van der Waals surface area (Å²) in [5.41, 5.74) is 2.28. The number of carbonyl (C=O) groups excluding carboxylic acids is 1. The Morgan fingerprint density at radius 3 is 2.77 bits per heavy atom. The average molecular weight is 342 g/mol. The van der Waals surface area contributed by atoms with Crippen LogP contribution in [0.15, 0.2) is 60.9 Å². The Bertz CT molecular complexity index is 992. The Hall–Kier alpha value is -3.19. The maximum Gasteiger partial charge on any atom is 0.338 e. The molecule has 4 nitrogen and oxygen atoms in total. The Morgan fingerprint density at radius 1 is 1.12 bits per heavy atom. The first-order chi connectivity index (χ1) is 12.7. The molecule has 2 atom stereocenters. The van der Waals surface area contributed by atoms with Crippen molar-refractivity contribution in [1.29, 1.82) is 5.26 Å². The van der Waals surface area contributed by atoms with Crippen LogP contribution in [0.5, 0.6) is 0 Å². The van der Waals surface area contributed by atoms with E-state index in [9.17, 15) is 4.79 Å². The van der Waals surface area contributed by atoms with Gasteiger partial charge in [0.1, 0.15) is 6.10 Å². The van der Waals surface area contributed by atoms with Crippen LogP contribution in [0.25, 0.3) is 10.8 Å². The predicted octanol–water partition coefficient (Wildman–Crippen LogP) is 4.60. The van der Waals surface area contributed by atoms with Gasteiger partial charge >= 0.3 is 5.97 Å². The van der Waals surface area contributed by atoms with E-state index in [0.717, 1.165) is 35.6 Å². The van der Waals surface area contributed by atoms with Gasteiger partial charge in [-0.1, -0.05) is 18.2 Å². The number of hydrogen-bond acceptors (Lipinski definition) is 4. The highest BCUT2D eigenvalue weighted by Crippen LogP contribution is 2.36. The highest BCUT2D eigenvalue weighted by atomic mass is 16.5. The van der Waals surface area contributed by atoms with Crippen LogP contribution >= 0.6 is 0 Å². The van der Waals surface area contributed by atoms with Gasteiger partial charge in [0.2, 0.25) is 0 Å². The number of ether oxygens (including phenoxy) is 1. The standard InChI is InChI=1S/C22H18N2O2/c23-13-15-6-7-17-12-18(9-8-16(17)11-15)22(25)26-21-5-1-4-20(21)19-3-2-10-24-14-19/h2-3,6-12,14,20-21H,1,4-5H2. The Balaban J connectivity index is 1.54. The Labute approximate surface area is 152 Å². The van der Waals surface area contributed by atoms with Crippen LogP contribution in [0.4, 0.5) is 0 Å². The molecule has 128 valence electrons. The molecule has 1 saturated carbocycles. The summed E-state index contributed by atoms with van der Waals surface area (Å²) in [6.07, 6.45) is 6.45. The molecule has 2 unspecified atom stereocenters. The van der Waals surface area contributed by atoms with Crippen LogP contribution in [0, 0.1) is 11.3 Å². The average Bonchev–Trinajstić information content (AvgIpc) is 3.15. The van der Waals surface area contributed by atoms with E-state index in [1.54, 1.807) is 18.3 Å². The van der Waals surface area contributed by atoms with Gasteiger partial charge in [-0.3, -0.25) is 4.98 Å². The summed E-state index contributed by atoms with van der Waals surface area (Å²) in [5, 5.41) is 10.9. The number of carbonyl (C=O) groups is 1. The highest BCUT2D eigenvalue weighted by molar-refractivity contribution is 5.95. The second-order valence-corrected chi connectivity index (χ2v) is 6.66. The SMILES string of the molecule is N#Cc1ccc2cc(C(=O)OC3CCCC3c3cccnc3)ccc2c1. The Kier molecular flexibility index (Phi) is 4.37. The molecule has 0 aliphatic heterocycles. The zero-order valence-electron chi connectivity index (χ0n) is 14.3. The van der Waals surface area contributed by atoms with Gasteiger partial charge < -0.3 is 4.74 Å². The maximum absolute atomic E-state index is 12.7. The third-order valence-corrected chi connectivity index (χ3v) is 5.03. The third kappa shape index (κ3) is 3.16. The fourth-order valence-corrected chi connectivity index (χ4v) is 3.69. The summed E-state index contributed by atoms with van der Waals surface area (Å²) in [7, 11) is 0. The van der Waals surface area contributed by atoms with Gasteiger partial charge in [-0.15, -0.1) is 0 Å². The number of fused-ring (bicyclic) bond motifs is 1. The van der Waals surface area contributed by atoms with Gasteiger partial charge in [-0.25, -0.2) is 4.79 Å². The van der Waals surface area contributed by atoms with Crippen LogP contribution in [0.1, 0.15) is 46.7 Å². The fourth-order valence-electron chi connectivity index (χ4n) is 3.69. The van der Waals surface area contributed by atoms with E-state index in [0.29, 0.717) is 11.1 Å². The van der Waals surface area contributed by atoms with E-state index in [1.165, 1.54) is 0 Å². The van der Waals surface area contributed by atoms with Crippen molar-refractivity contribution in [3.8, 4) is 6.07 Å². The molecule has 0 radical (unpaired) electrons. The first-order valence-corrected chi connectivity index (χ1v) is 8.79. The molecule has 3 aromatic rings. The van der Waals surface area contributed by atoms with Crippen molar-refractivity contribution >= 4 is 16.7 Å². The molecule has 0 amide bonds. The van der Waals surface area contributed by atoms with Gasteiger partial charge in [0.25, 0.3) is 0 Å². The summed E-state index contributed by atoms with van der Waals surface area (Å²) in [6, 6.07) is 17.0. The fraction of sp³-hybridized carbons (Fsp3) is 0.227. The molecule has 2 aromatic carbocycles. The van der Waals surface area contributed by atoms with E-state index in [4.69, 9.17) is 10.00 Å². The van der Waals surface area contributed by atoms with E-state index in [-0.39, 0.29) is 18.0 Å². The van der Waals surface area contributed by atoms with E-state index < -0.39 is 0 Å². The van der Waals surface area contributed by atoms with Gasteiger partial charge in [-0.2, -0.15) is 5.26 Å². The minimum atomic E-state index is -0.294. The molecule has 1 aliphatic carbocycles. The zero-order chi connectivity index (χ0) is 17.9. The van der Waals surface area contributed by atoms with E-state index in [2.05, 4.69) is 11.1 Å². The first-order valence-electron chi connectivity index (χ1n) is 8.79. The first kappa shape index (κ1) is 16.3. The summed E-state index contributed by atoms with van der Waals surface area (Å²) in [6.45, 7) is 0. The topological polar surface area (TPSA) is 63.0 Å². The number of hydrogen-bond donors (Lipinski definition) is 0. The minimum Gasteiger partial charge on any atom is -0.458 e. The van der Waals surface area contributed by atoms with Gasteiger partial charge in [-0.05, 0) is 65.9 Å². The van der Waals surface area contributed by atoms with Crippen LogP contribution in [0.2, 0.25) is 0 Å². The molecular formula is C22H18N2O2. The number of aromatic nitrogens is 1. The summed E-state index contributed by atoms with van der Waals surface area (Å²) in [4.78, 5) is 16.8. The molecule has 4 heteroatoms. The third-order valence-electron chi connectivity index (χ3n) is 5.03. The number of nitrogens with zero attached hydrogens (tertiary/aromatic N) is 2. The maximum atomic E-state index is 12.7. The number of benzene rings is 2. The molecular weight excluding hydrogens is 324 g/mol. The van der Waals surface area contributed by atoms with Crippen molar-refractivity contribution in [3.05, 3.63) is 77.6 Å². The lowest BCUT2D eigenvalue weighted by molar-refractivity contribution is 0.0279. The van der Waals surface area contributed by atoms with E-state index >= 15 is 0 Å². The molecule has 0 spiro atoms. The number of esters is 1. The molecule has 0 bridgehead atoms. The number of rotatable bonds is 3. The summed E-state index contributed by atoms with van der Waals surface area (Å²) in [5.74, 6) is -0.0802. The molecule has 0 saturated heterocycles. The summed E-state index contributed by atoms with van der Waals surface area (Å²) < 4.78 is 5.84. The second-order valence-electron chi connectivity index (χ2n) is 6.66. The van der Waals surface area contributed by atoms with Crippen molar-refractivity contribution in [3.63, 3.8) is 0 Å². The summed E-state index contributed by atoms with van der Waals surface area (Å²) >= 11 is 0. The Morgan fingerprint density at radius 2 is 1.96 bits per heavy atom. The predicted molar refractivity (Wildman–Crippen MR) is 98.7 cm³/mol. The van der Waals surface area contributed by atoms with Crippen molar-refractivity contribution in [2.24, 2.45) is 0 Å². The molecule has 1 aromatic heterocycles. The van der Waals surface area contributed by atoms with Crippen LogP contribution in [-0.4, -0.2) is 17.1 Å². The van der Waals surface area contributed by atoms with Crippen molar-refractivity contribution in [2.75, 3.05) is 0 Å². The van der Waals surface area contributed by atoms with Crippen LogP contribution < -0.4 is 0 Å². The monoisotopic (exact) mass is 342 g/mol. The van der Waals surface area contributed by atoms with Crippen LogP contribution in [0.3, 0.4) is 0 Å². The van der Waals surface area contributed by atoms with Crippen molar-refractivity contribution < 1.29 is 9.53 Å². The van der Waals surface area contributed by atoms with E-state index in [1.807, 2.05) is 42.6 Å². The lowest BCUT2D eigenvalue weighted by Gasteiger charge is -2.20. The lowest BCUT2D eigenvalue weighted by atomic mass is 9.97. The normalized spacial score (nSPS) is 19.2. The minimum absolute atomic E-state index is 0.108. The van der Waals surface area contributed by atoms with Gasteiger partial charge in [0.15, 0.2) is 0 Å². The molecule has 1 aliphatic rings. The lowest BCUT2D eigenvalue weighted by Crippen LogP contribution is -2.21. The molecule has 1 heterocycles.